The van der Waals surface area contributed by atoms with Gasteiger partial charge in [0.1, 0.15) is 5.82 Å². The minimum Gasteiger partial charge on any atom is -0.382 e. The molecule has 1 aromatic carbocycles. The quantitative estimate of drug-likeness (QED) is 0.765. The summed E-state index contributed by atoms with van der Waals surface area (Å²) in [6.07, 6.45) is 0.202. The minimum atomic E-state index is -0.398. The number of aryl methyl sites for hydroxylation is 1. The first-order valence-corrected chi connectivity index (χ1v) is 4.38. The van der Waals surface area contributed by atoms with Crippen LogP contribution in [-0.2, 0) is 4.79 Å². The number of carbonyl (C=O) groups excluding carboxylic acids is 1. The van der Waals surface area contributed by atoms with Gasteiger partial charge in [-0.1, -0.05) is 12.1 Å². The van der Waals surface area contributed by atoms with Crippen molar-refractivity contribution in [2.75, 3.05) is 11.9 Å². The fourth-order valence-corrected chi connectivity index (χ4v) is 1.10. The largest absolute Gasteiger partial charge is 0.382 e. The van der Waals surface area contributed by atoms with Crippen LogP contribution in [0.3, 0.4) is 0 Å². The number of primary amides is 1. The van der Waals surface area contributed by atoms with Crippen LogP contribution in [-0.4, -0.2) is 12.5 Å². The molecule has 0 fully saturated rings. The second-order valence-electron chi connectivity index (χ2n) is 3.08. The van der Waals surface area contributed by atoms with E-state index in [0.29, 0.717) is 17.8 Å². The molecular weight excluding hydrogens is 183 g/mol. The molecule has 0 aliphatic carbocycles. The second kappa shape index (κ2) is 4.60. The van der Waals surface area contributed by atoms with E-state index in [1.54, 1.807) is 25.1 Å². The van der Waals surface area contributed by atoms with Crippen LogP contribution in [0.5, 0.6) is 0 Å². The third-order valence-corrected chi connectivity index (χ3v) is 1.88. The minimum absolute atomic E-state index is 0.202. The van der Waals surface area contributed by atoms with Crippen molar-refractivity contribution in [3.63, 3.8) is 0 Å². The number of rotatable bonds is 4. The lowest BCUT2D eigenvalue weighted by molar-refractivity contribution is -0.117. The first-order chi connectivity index (χ1) is 6.61. The lowest BCUT2D eigenvalue weighted by Crippen LogP contribution is -2.16. The lowest BCUT2D eigenvalue weighted by atomic mass is 10.2. The number of halogens is 1. The molecule has 0 spiro atoms. The van der Waals surface area contributed by atoms with Gasteiger partial charge in [-0.2, -0.15) is 0 Å². The number of benzene rings is 1. The average Bonchev–Trinajstić information content (AvgIpc) is 2.12. The monoisotopic (exact) mass is 196 g/mol. The molecule has 0 saturated carbocycles. The van der Waals surface area contributed by atoms with Crippen molar-refractivity contribution in [3.05, 3.63) is 29.6 Å². The molecular formula is C10H13FN2O. The fourth-order valence-electron chi connectivity index (χ4n) is 1.10. The Kier molecular flexibility index (Phi) is 3.45. The number of nitrogens with one attached hydrogen (secondary N) is 1. The molecule has 0 radical (unpaired) electrons. The molecule has 0 bridgehead atoms. The van der Waals surface area contributed by atoms with Crippen molar-refractivity contribution in [2.45, 2.75) is 13.3 Å². The van der Waals surface area contributed by atoms with Gasteiger partial charge in [0.25, 0.3) is 0 Å². The van der Waals surface area contributed by atoms with E-state index in [2.05, 4.69) is 5.32 Å². The molecule has 14 heavy (non-hydrogen) atoms. The summed E-state index contributed by atoms with van der Waals surface area (Å²) in [6, 6.07) is 5.07. The van der Waals surface area contributed by atoms with Crippen molar-refractivity contribution < 1.29 is 9.18 Å². The van der Waals surface area contributed by atoms with E-state index in [4.69, 9.17) is 5.73 Å². The number of hydrogen-bond donors (Lipinski definition) is 2. The average molecular weight is 196 g/mol. The van der Waals surface area contributed by atoms with Gasteiger partial charge in [0.05, 0.1) is 5.69 Å². The third kappa shape index (κ3) is 2.73. The van der Waals surface area contributed by atoms with Crippen LogP contribution in [0.25, 0.3) is 0 Å². The van der Waals surface area contributed by atoms with E-state index in [0.717, 1.165) is 0 Å². The zero-order valence-electron chi connectivity index (χ0n) is 8.01. The summed E-state index contributed by atoms with van der Waals surface area (Å²) in [4.78, 5) is 10.4. The van der Waals surface area contributed by atoms with E-state index in [9.17, 15) is 9.18 Å². The Balaban J connectivity index is 2.59. The molecule has 0 heterocycles. The molecule has 4 heteroatoms. The topological polar surface area (TPSA) is 55.1 Å². The van der Waals surface area contributed by atoms with Gasteiger partial charge in [0.15, 0.2) is 0 Å². The maximum atomic E-state index is 13.3. The Hall–Kier alpha value is -1.58. The van der Waals surface area contributed by atoms with Gasteiger partial charge >= 0.3 is 0 Å². The summed E-state index contributed by atoms with van der Waals surface area (Å²) in [7, 11) is 0. The molecule has 0 aliphatic rings. The summed E-state index contributed by atoms with van der Waals surface area (Å²) < 4.78 is 13.3. The van der Waals surface area contributed by atoms with Gasteiger partial charge < -0.3 is 11.1 Å². The van der Waals surface area contributed by atoms with Crippen LogP contribution in [0.4, 0.5) is 10.1 Å². The Morgan fingerprint density at radius 2 is 2.29 bits per heavy atom. The molecule has 0 saturated heterocycles. The van der Waals surface area contributed by atoms with Gasteiger partial charge in [0.2, 0.25) is 5.91 Å². The highest BCUT2D eigenvalue weighted by atomic mass is 19.1. The van der Waals surface area contributed by atoms with Gasteiger partial charge in [-0.05, 0) is 18.6 Å². The van der Waals surface area contributed by atoms with Gasteiger partial charge in [-0.15, -0.1) is 0 Å². The number of nitrogens with two attached hydrogens (primary N) is 1. The van der Waals surface area contributed by atoms with Crippen LogP contribution in [0.1, 0.15) is 12.0 Å². The highest BCUT2D eigenvalue weighted by Crippen LogP contribution is 2.16. The standard InChI is InChI=1S/C10H13FN2O/c1-7-3-2-4-8(10(7)11)13-6-5-9(12)14/h2-4,13H,5-6H2,1H3,(H2,12,14). The maximum absolute atomic E-state index is 13.3. The Bertz CT molecular complexity index is 339. The van der Waals surface area contributed by atoms with Crippen LogP contribution in [0, 0.1) is 12.7 Å². The summed E-state index contributed by atoms with van der Waals surface area (Å²) in [5.74, 6) is -0.678. The smallest absolute Gasteiger partial charge is 0.219 e. The van der Waals surface area contributed by atoms with E-state index in [-0.39, 0.29) is 12.2 Å². The molecule has 0 atom stereocenters. The molecule has 1 aromatic rings. The molecule has 1 rings (SSSR count). The van der Waals surface area contributed by atoms with Crippen LogP contribution >= 0.6 is 0 Å². The zero-order valence-corrected chi connectivity index (χ0v) is 8.01. The lowest BCUT2D eigenvalue weighted by Gasteiger charge is -2.07. The molecule has 0 aliphatic heterocycles. The number of amides is 1. The molecule has 76 valence electrons. The Labute approximate surface area is 82.1 Å². The third-order valence-electron chi connectivity index (χ3n) is 1.88. The summed E-state index contributed by atoms with van der Waals surface area (Å²) in [5, 5.41) is 2.81. The van der Waals surface area contributed by atoms with Crippen LogP contribution in [0.2, 0.25) is 0 Å². The summed E-state index contributed by atoms with van der Waals surface area (Å²) >= 11 is 0. The second-order valence-corrected chi connectivity index (χ2v) is 3.08. The molecule has 3 N–H and O–H groups in total. The highest BCUT2D eigenvalue weighted by Gasteiger charge is 2.03. The Morgan fingerprint density at radius 1 is 1.57 bits per heavy atom. The fraction of sp³-hybridized carbons (Fsp3) is 0.300. The number of hydrogen-bond acceptors (Lipinski definition) is 2. The number of anilines is 1. The van der Waals surface area contributed by atoms with Crippen LogP contribution in [0.15, 0.2) is 18.2 Å². The normalized spacial score (nSPS) is 9.86. The first-order valence-electron chi connectivity index (χ1n) is 4.38. The van der Waals surface area contributed by atoms with Crippen LogP contribution < -0.4 is 11.1 Å². The molecule has 0 aromatic heterocycles. The van der Waals surface area contributed by atoms with Gasteiger partial charge in [0, 0.05) is 13.0 Å². The molecule has 3 nitrogen and oxygen atoms in total. The zero-order chi connectivity index (χ0) is 10.6. The summed E-state index contributed by atoms with van der Waals surface area (Å²) in [5.41, 5.74) is 5.94. The van der Waals surface area contributed by atoms with Crippen molar-refractivity contribution in [1.29, 1.82) is 0 Å². The van der Waals surface area contributed by atoms with Gasteiger partial charge in [-0.3, -0.25) is 4.79 Å². The maximum Gasteiger partial charge on any atom is 0.219 e. The van der Waals surface area contributed by atoms with E-state index < -0.39 is 5.91 Å². The molecule has 1 amide bonds. The predicted octanol–water partition coefficient (Wildman–Crippen LogP) is 1.42. The van der Waals surface area contributed by atoms with Crippen molar-refractivity contribution in [2.24, 2.45) is 5.73 Å². The van der Waals surface area contributed by atoms with Crippen molar-refractivity contribution in [3.8, 4) is 0 Å². The van der Waals surface area contributed by atoms with E-state index in [1.807, 2.05) is 0 Å². The van der Waals surface area contributed by atoms with Crippen molar-refractivity contribution in [1.82, 2.24) is 0 Å². The first kappa shape index (κ1) is 10.5. The Morgan fingerprint density at radius 3 is 2.93 bits per heavy atom. The molecule has 0 unspecified atom stereocenters. The predicted molar refractivity (Wildman–Crippen MR) is 53.4 cm³/mol. The van der Waals surface area contributed by atoms with Gasteiger partial charge in [-0.25, -0.2) is 4.39 Å². The van der Waals surface area contributed by atoms with E-state index in [1.165, 1.54) is 0 Å². The van der Waals surface area contributed by atoms with Crippen molar-refractivity contribution >= 4 is 11.6 Å². The summed E-state index contributed by atoms with van der Waals surface area (Å²) in [6.45, 7) is 2.05. The van der Waals surface area contributed by atoms with E-state index >= 15 is 0 Å². The SMILES string of the molecule is Cc1cccc(NCCC(N)=O)c1F. The highest BCUT2D eigenvalue weighted by molar-refractivity contribution is 5.74. The number of carbonyl (C=O) groups is 1.